The molecule has 0 fully saturated rings. The third-order valence-electron chi connectivity index (χ3n) is 2.28. The van der Waals surface area contributed by atoms with Crippen molar-refractivity contribution in [3.05, 3.63) is 50.4 Å². The standard InChI is InChI=1S/C12H6Cl4O/c13-8-3-1-2-6(12(8)16)7-4-10(15)11(17)5-9(7)14/h1-5,17H. The Hall–Kier alpha value is -0.600. The largest absolute Gasteiger partial charge is 0.506 e. The van der Waals surface area contributed by atoms with Crippen molar-refractivity contribution in [1.29, 1.82) is 0 Å². The first-order chi connectivity index (χ1) is 8.00. The van der Waals surface area contributed by atoms with E-state index in [0.29, 0.717) is 26.2 Å². The molecule has 0 bridgehead atoms. The first-order valence-corrected chi connectivity index (χ1v) is 6.14. The molecule has 0 spiro atoms. The monoisotopic (exact) mass is 306 g/mol. The van der Waals surface area contributed by atoms with Crippen molar-refractivity contribution in [2.45, 2.75) is 0 Å². The molecule has 17 heavy (non-hydrogen) atoms. The van der Waals surface area contributed by atoms with Crippen LogP contribution >= 0.6 is 46.4 Å². The maximum atomic E-state index is 9.42. The summed E-state index contributed by atoms with van der Waals surface area (Å²) in [7, 11) is 0. The van der Waals surface area contributed by atoms with Gasteiger partial charge in [0.1, 0.15) is 5.75 Å². The number of phenolic OH excluding ortho intramolecular Hbond substituents is 1. The van der Waals surface area contributed by atoms with Crippen molar-refractivity contribution < 1.29 is 5.11 Å². The lowest BCUT2D eigenvalue weighted by atomic mass is 10.1. The van der Waals surface area contributed by atoms with E-state index in [1.54, 1.807) is 24.3 Å². The van der Waals surface area contributed by atoms with E-state index in [4.69, 9.17) is 46.4 Å². The fraction of sp³-hybridized carbons (Fsp3) is 0. The molecule has 88 valence electrons. The second-order valence-corrected chi connectivity index (χ2v) is 4.98. The van der Waals surface area contributed by atoms with Gasteiger partial charge in [-0.25, -0.2) is 0 Å². The molecule has 2 rings (SSSR count). The van der Waals surface area contributed by atoms with Gasteiger partial charge in [0.15, 0.2) is 0 Å². The van der Waals surface area contributed by atoms with Crippen LogP contribution in [0, 0.1) is 0 Å². The van der Waals surface area contributed by atoms with E-state index in [0.717, 1.165) is 0 Å². The molecule has 5 heteroatoms. The highest BCUT2D eigenvalue weighted by Gasteiger charge is 2.12. The topological polar surface area (TPSA) is 20.2 Å². The Bertz CT molecular complexity index is 581. The van der Waals surface area contributed by atoms with Gasteiger partial charge in [0.05, 0.1) is 20.1 Å². The third-order valence-corrected chi connectivity index (χ3v) is 3.71. The highest BCUT2D eigenvalue weighted by Crippen LogP contribution is 2.40. The second kappa shape index (κ2) is 4.95. The van der Waals surface area contributed by atoms with E-state index in [9.17, 15) is 5.11 Å². The Morgan fingerprint density at radius 2 is 1.47 bits per heavy atom. The van der Waals surface area contributed by atoms with Crippen molar-refractivity contribution in [1.82, 2.24) is 0 Å². The number of aromatic hydroxyl groups is 1. The van der Waals surface area contributed by atoms with E-state index in [1.165, 1.54) is 6.07 Å². The van der Waals surface area contributed by atoms with Gasteiger partial charge in [0.2, 0.25) is 0 Å². The summed E-state index contributed by atoms with van der Waals surface area (Å²) in [6, 6.07) is 8.15. The minimum absolute atomic E-state index is 0.0708. The van der Waals surface area contributed by atoms with Crippen LogP contribution in [-0.2, 0) is 0 Å². The zero-order valence-corrected chi connectivity index (χ0v) is 11.4. The lowest BCUT2D eigenvalue weighted by Crippen LogP contribution is -1.83. The molecule has 0 aromatic heterocycles. The smallest absolute Gasteiger partial charge is 0.135 e. The average molecular weight is 308 g/mol. The summed E-state index contributed by atoms with van der Waals surface area (Å²) in [4.78, 5) is 0. The number of hydrogen-bond acceptors (Lipinski definition) is 1. The van der Waals surface area contributed by atoms with Crippen molar-refractivity contribution >= 4 is 46.4 Å². The van der Waals surface area contributed by atoms with Crippen LogP contribution in [0.4, 0.5) is 0 Å². The van der Waals surface area contributed by atoms with Crippen LogP contribution in [0.3, 0.4) is 0 Å². The molecule has 1 nitrogen and oxygen atoms in total. The fourth-order valence-corrected chi connectivity index (χ4v) is 2.28. The van der Waals surface area contributed by atoms with Crippen LogP contribution in [0.1, 0.15) is 0 Å². The zero-order chi connectivity index (χ0) is 12.6. The Morgan fingerprint density at radius 3 is 2.18 bits per heavy atom. The molecule has 0 unspecified atom stereocenters. The molecule has 0 radical (unpaired) electrons. The quantitative estimate of drug-likeness (QED) is 0.719. The maximum Gasteiger partial charge on any atom is 0.135 e. The van der Waals surface area contributed by atoms with Gasteiger partial charge in [-0.1, -0.05) is 58.5 Å². The molecule has 0 saturated heterocycles. The van der Waals surface area contributed by atoms with Gasteiger partial charge in [-0.2, -0.15) is 0 Å². The van der Waals surface area contributed by atoms with E-state index in [-0.39, 0.29) is 10.8 Å². The number of hydrogen-bond donors (Lipinski definition) is 1. The highest BCUT2D eigenvalue weighted by atomic mass is 35.5. The van der Waals surface area contributed by atoms with Gasteiger partial charge in [-0.05, 0) is 12.1 Å². The molecule has 2 aromatic carbocycles. The number of benzene rings is 2. The number of phenols is 1. The van der Waals surface area contributed by atoms with Crippen molar-refractivity contribution in [2.24, 2.45) is 0 Å². The fourth-order valence-electron chi connectivity index (χ4n) is 1.45. The number of halogens is 4. The van der Waals surface area contributed by atoms with Crippen LogP contribution in [0.5, 0.6) is 5.75 Å². The Labute approximate surface area is 118 Å². The van der Waals surface area contributed by atoms with Crippen LogP contribution in [0.15, 0.2) is 30.3 Å². The van der Waals surface area contributed by atoms with Gasteiger partial charge in [0.25, 0.3) is 0 Å². The van der Waals surface area contributed by atoms with Gasteiger partial charge < -0.3 is 5.11 Å². The summed E-state index contributed by atoms with van der Waals surface area (Å²) < 4.78 is 0. The molecule has 0 aliphatic carbocycles. The second-order valence-electron chi connectivity index (χ2n) is 3.38. The van der Waals surface area contributed by atoms with Crippen LogP contribution in [0.2, 0.25) is 20.1 Å². The molecule has 1 N–H and O–H groups in total. The Kier molecular flexibility index (Phi) is 3.74. The lowest BCUT2D eigenvalue weighted by molar-refractivity contribution is 0.475. The van der Waals surface area contributed by atoms with Crippen LogP contribution in [0.25, 0.3) is 11.1 Å². The van der Waals surface area contributed by atoms with E-state index in [2.05, 4.69) is 0 Å². The highest BCUT2D eigenvalue weighted by molar-refractivity contribution is 6.44. The predicted molar refractivity (Wildman–Crippen MR) is 73.6 cm³/mol. The van der Waals surface area contributed by atoms with E-state index in [1.807, 2.05) is 0 Å². The molecule has 0 atom stereocenters. The molecule has 2 aromatic rings. The summed E-state index contributed by atoms with van der Waals surface area (Å²) in [5, 5.41) is 10.8. The lowest BCUT2D eigenvalue weighted by Gasteiger charge is -2.09. The van der Waals surface area contributed by atoms with Crippen LogP contribution < -0.4 is 0 Å². The van der Waals surface area contributed by atoms with E-state index < -0.39 is 0 Å². The van der Waals surface area contributed by atoms with Crippen molar-refractivity contribution in [3.63, 3.8) is 0 Å². The predicted octanol–water partition coefficient (Wildman–Crippen LogP) is 5.67. The number of rotatable bonds is 1. The van der Waals surface area contributed by atoms with Gasteiger partial charge in [0, 0.05) is 17.2 Å². The van der Waals surface area contributed by atoms with Crippen molar-refractivity contribution in [2.75, 3.05) is 0 Å². The van der Waals surface area contributed by atoms with Crippen LogP contribution in [-0.4, -0.2) is 5.11 Å². The summed E-state index contributed by atoms with van der Waals surface area (Å²) in [5.74, 6) is -0.0708. The van der Waals surface area contributed by atoms with Crippen molar-refractivity contribution in [3.8, 4) is 16.9 Å². The molecule has 0 aliphatic rings. The minimum atomic E-state index is -0.0708. The average Bonchev–Trinajstić information content (AvgIpc) is 2.28. The van der Waals surface area contributed by atoms with Gasteiger partial charge >= 0.3 is 0 Å². The summed E-state index contributed by atoms with van der Waals surface area (Å²) in [5.41, 5.74) is 1.30. The molecule has 0 saturated carbocycles. The first kappa shape index (κ1) is 12.8. The summed E-state index contributed by atoms with van der Waals surface area (Å²) in [6.07, 6.45) is 0. The summed E-state index contributed by atoms with van der Waals surface area (Å²) in [6.45, 7) is 0. The molecular formula is C12H6Cl4O. The summed E-state index contributed by atoms with van der Waals surface area (Å²) >= 11 is 23.9. The first-order valence-electron chi connectivity index (χ1n) is 4.63. The van der Waals surface area contributed by atoms with Gasteiger partial charge in [-0.3, -0.25) is 0 Å². The SMILES string of the molecule is Oc1cc(Cl)c(-c2cccc(Cl)c2Cl)cc1Cl. The molecule has 0 heterocycles. The minimum Gasteiger partial charge on any atom is -0.506 e. The normalized spacial score (nSPS) is 10.6. The Morgan fingerprint density at radius 1 is 0.765 bits per heavy atom. The Balaban J connectivity index is 2.69. The van der Waals surface area contributed by atoms with Gasteiger partial charge in [-0.15, -0.1) is 0 Å². The zero-order valence-electron chi connectivity index (χ0n) is 8.35. The maximum absolute atomic E-state index is 9.42. The molecule has 0 amide bonds. The molecular weight excluding hydrogens is 302 g/mol. The van der Waals surface area contributed by atoms with E-state index >= 15 is 0 Å². The molecule has 0 aliphatic heterocycles. The third kappa shape index (κ3) is 2.48.